The molecular formula is C15H25NO2. The van der Waals surface area contributed by atoms with E-state index in [0.717, 1.165) is 12.8 Å². The van der Waals surface area contributed by atoms with Gasteiger partial charge in [-0.15, -0.1) is 0 Å². The summed E-state index contributed by atoms with van der Waals surface area (Å²) in [6, 6.07) is 2.13. The second-order valence-corrected chi connectivity index (χ2v) is 4.54. The maximum Gasteiger partial charge on any atom is 0.165 e. The van der Waals surface area contributed by atoms with Crippen LogP contribution in [0.1, 0.15) is 47.5 Å². The Morgan fingerprint density at radius 2 is 2.00 bits per heavy atom. The molecule has 102 valence electrons. The number of ether oxygens (including phenoxy) is 2. The molecule has 0 saturated carbocycles. The molecule has 0 rings (SSSR count). The minimum Gasteiger partial charge on any atom is -0.353 e. The highest BCUT2D eigenvalue weighted by Crippen LogP contribution is 2.10. The average Bonchev–Trinajstić information content (AvgIpc) is 2.27. The average molecular weight is 251 g/mol. The smallest absolute Gasteiger partial charge is 0.165 e. The Morgan fingerprint density at radius 3 is 2.50 bits per heavy atom. The van der Waals surface area contributed by atoms with Gasteiger partial charge in [0.2, 0.25) is 0 Å². The fourth-order valence-corrected chi connectivity index (χ4v) is 1.52. The van der Waals surface area contributed by atoms with Crippen molar-refractivity contribution in [3.05, 3.63) is 23.3 Å². The van der Waals surface area contributed by atoms with Crippen molar-refractivity contribution in [2.75, 3.05) is 6.61 Å². The normalized spacial score (nSPS) is 14.8. The third-order valence-electron chi connectivity index (χ3n) is 2.39. The minimum absolute atomic E-state index is 0.346. The Balaban J connectivity index is 4.24. The first-order valence-electron chi connectivity index (χ1n) is 6.47. The number of hydrogen-bond acceptors (Lipinski definition) is 3. The van der Waals surface area contributed by atoms with E-state index in [4.69, 9.17) is 14.7 Å². The predicted molar refractivity (Wildman–Crippen MR) is 74.0 cm³/mol. The van der Waals surface area contributed by atoms with Crippen LogP contribution in [-0.2, 0) is 9.47 Å². The molecule has 0 saturated heterocycles. The van der Waals surface area contributed by atoms with Gasteiger partial charge in [0, 0.05) is 6.61 Å². The van der Waals surface area contributed by atoms with Gasteiger partial charge in [0.1, 0.15) is 0 Å². The second-order valence-electron chi connectivity index (χ2n) is 4.54. The van der Waals surface area contributed by atoms with Gasteiger partial charge in [-0.2, -0.15) is 5.26 Å². The Kier molecular flexibility index (Phi) is 9.26. The van der Waals surface area contributed by atoms with Crippen LogP contribution < -0.4 is 0 Å². The first kappa shape index (κ1) is 16.9. The number of allylic oxidation sites excluding steroid dienone is 3. The minimum atomic E-state index is -0.529. The van der Waals surface area contributed by atoms with Crippen molar-refractivity contribution >= 4 is 0 Å². The second kappa shape index (κ2) is 9.87. The molecule has 0 N–H and O–H groups in total. The zero-order chi connectivity index (χ0) is 14.0. The molecule has 0 amide bonds. The summed E-state index contributed by atoms with van der Waals surface area (Å²) in [6.45, 7) is 10.5. The molecule has 3 nitrogen and oxygen atoms in total. The van der Waals surface area contributed by atoms with Crippen molar-refractivity contribution in [3.63, 3.8) is 0 Å². The van der Waals surface area contributed by atoms with Crippen LogP contribution in [0.25, 0.3) is 0 Å². The van der Waals surface area contributed by atoms with Crippen LogP contribution in [0.3, 0.4) is 0 Å². The van der Waals surface area contributed by atoms with Gasteiger partial charge in [0.05, 0.1) is 6.07 Å². The van der Waals surface area contributed by atoms with Crippen LogP contribution in [0.2, 0.25) is 0 Å². The van der Waals surface area contributed by atoms with Gasteiger partial charge in [0.25, 0.3) is 0 Å². The first-order chi connectivity index (χ1) is 8.49. The third kappa shape index (κ3) is 8.98. The maximum absolute atomic E-state index is 9.02. The quantitative estimate of drug-likeness (QED) is 0.484. The SMILES string of the molecule is CCOC(C)OC(C#N)/C=C(\C)CCC=C(C)C. The zero-order valence-corrected chi connectivity index (χ0v) is 12.2. The molecule has 0 bridgehead atoms. The number of hydrogen-bond donors (Lipinski definition) is 0. The third-order valence-corrected chi connectivity index (χ3v) is 2.39. The standard InChI is InChI=1S/C15H25NO2/c1-6-17-14(5)18-15(11-16)10-13(4)9-7-8-12(2)3/h8,10,14-15H,6-7,9H2,1-5H3/b13-10+. The van der Waals surface area contributed by atoms with Gasteiger partial charge >= 0.3 is 0 Å². The molecule has 0 aliphatic heterocycles. The highest BCUT2D eigenvalue weighted by atomic mass is 16.7. The van der Waals surface area contributed by atoms with Gasteiger partial charge in [0.15, 0.2) is 12.4 Å². The fourth-order valence-electron chi connectivity index (χ4n) is 1.52. The summed E-state index contributed by atoms with van der Waals surface area (Å²) in [6.07, 6.45) is 5.15. The van der Waals surface area contributed by atoms with Gasteiger partial charge in [-0.05, 0) is 53.5 Å². The number of nitrogens with zero attached hydrogens (tertiary/aromatic N) is 1. The molecule has 18 heavy (non-hydrogen) atoms. The Bertz CT molecular complexity index is 322. The molecule has 3 heteroatoms. The maximum atomic E-state index is 9.02. The van der Waals surface area contributed by atoms with E-state index in [0.29, 0.717) is 6.61 Å². The molecule has 0 fully saturated rings. The summed E-state index contributed by atoms with van der Waals surface area (Å²) in [4.78, 5) is 0. The lowest BCUT2D eigenvalue weighted by Crippen LogP contribution is -2.19. The van der Waals surface area contributed by atoms with Crippen LogP contribution in [0.5, 0.6) is 0 Å². The molecular weight excluding hydrogens is 226 g/mol. The van der Waals surface area contributed by atoms with Crippen LogP contribution in [0, 0.1) is 11.3 Å². The highest BCUT2D eigenvalue weighted by molar-refractivity contribution is 5.10. The summed E-state index contributed by atoms with van der Waals surface area (Å²) in [5.41, 5.74) is 2.49. The molecule has 2 atom stereocenters. The van der Waals surface area contributed by atoms with Crippen LogP contribution >= 0.6 is 0 Å². The molecule has 0 aromatic rings. The summed E-state index contributed by atoms with van der Waals surface area (Å²) in [5.74, 6) is 0. The first-order valence-corrected chi connectivity index (χ1v) is 6.47. The zero-order valence-electron chi connectivity index (χ0n) is 12.2. The van der Waals surface area contributed by atoms with Crippen molar-refractivity contribution in [2.45, 2.75) is 59.9 Å². The largest absolute Gasteiger partial charge is 0.353 e. The van der Waals surface area contributed by atoms with Gasteiger partial charge in [-0.1, -0.05) is 17.2 Å². The lowest BCUT2D eigenvalue weighted by molar-refractivity contribution is -0.134. The molecule has 0 spiro atoms. The van der Waals surface area contributed by atoms with Crippen LogP contribution in [0.15, 0.2) is 23.3 Å². The van der Waals surface area contributed by atoms with E-state index in [1.807, 2.05) is 19.9 Å². The Morgan fingerprint density at radius 1 is 1.33 bits per heavy atom. The summed E-state index contributed by atoms with van der Waals surface area (Å²) in [5, 5.41) is 9.02. The van der Waals surface area contributed by atoms with E-state index >= 15 is 0 Å². The van der Waals surface area contributed by atoms with Gasteiger partial charge < -0.3 is 9.47 Å². The highest BCUT2D eigenvalue weighted by Gasteiger charge is 2.09. The van der Waals surface area contributed by atoms with Gasteiger partial charge in [-0.25, -0.2) is 0 Å². The predicted octanol–water partition coefficient (Wildman–Crippen LogP) is 3.97. The van der Waals surface area contributed by atoms with Crippen molar-refractivity contribution < 1.29 is 9.47 Å². The van der Waals surface area contributed by atoms with Crippen LogP contribution in [0.4, 0.5) is 0 Å². The molecule has 0 aliphatic carbocycles. The van der Waals surface area contributed by atoms with E-state index in [-0.39, 0.29) is 6.29 Å². The van der Waals surface area contributed by atoms with Crippen molar-refractivity contribution in [3.8, 4) is 6.07 Å². The molecule has 0 aromatic carbocycles. The van der Waals surface area contributed by atoms with Gasteiger partial charge in [-0.3, -0.25) is 0 Å². The monoisotopic (exact) mass is 251 g/mol. The Hall–Kier alpha value is -1.11. The molecule has 0 radical (unpaired) electrons. The summed E-state index contributed by atoms with van der Waals surface area (Å²) >= 11 is 0. The lowest BCUT2D eigenvalue weighted by atomic mass is 10.1. The fraction of sp³-hybridized carbons (Fsp3) is 0.667. The Labute approximate surface area is 111 Å². The lowest BCUT2D eigenvalue weighted by Gasteiger charge is -2.15. The van der Waals surface area contributed by atoms with E-state index < -0.39 is 6.10 Å². The van der Waals surface area contributed by atoms with E-state index in [1.165, 1.54) is 11.1 Å². The molecule has 2 unspecified atom stereocenters. The van der Waals surface area contributed by atoms with E-state index in [2.05, 4.69) is 26.0 Å². The van der Waals surface area contributed by atoms with Crippen LogP contribution in [-0.4, -0.2) is 19.0 Å². The summed E-state index contributed by atoms with van der Waals surface area (Å²) in [7, 11) is 0. The number of nitriles is 1. The van der Waals surface area contributed by atoms with E-state index in [1.54, 1.807) is 6.92 Å². The molecule has 0 heterocycles. The van der Waals surface area contributed by atoms with Crippen molar-refractivity contribution in [1.29, 1.82) is 5.26 Å². The topological polar surface area (TPSA) is 42.2 Å². The summed E-state index contributed by atoms with van der Waals surface area (Å²) < 4.78 is 10.7. The van der Waals surface area contributed by atoms with Crippen molar-refractivity contribution in [2.24, 2.45) is 0 Å². The van der Waals surface area contributed by atoms with Crippen molar-refractivity contribution in [1.82, 2.24) is 0 Å². The number of rotatable bonds is 8. The molecule has 0 aliphatic rings. The molecule has 0 aromatic heterocycles. The van der Waals surface area contributed by atoms with E-state index in [9.17, 15) is 0 Å².